The molecule has 0 fully saturated rings. The number of aromatic nitrogens is 2. The Bertz CT molecular complexity index is 416. The minimum absolute atomic E-state index is 0.413. The van der Waals surface area contributed by atoms with E-state index in [1.54, 1.807) is 12.3 Å². The van der Waals surface area contributed by atoms with Gasteiger partial charge in [-0.2, -0.15) is 0 Å². The first-order chi connectivity index (χ1) is 6.27. The monoisotopic (exact) mass is 306 g/mol. The van der Waals surface area contributed by atoms with E-state index >= 15 is 0 Å². The molecule has 66 valence electrons. The molecular formula is C8H4ClIN2O. The molecule has 0 amide bonds. The summed E-state index contributed by atoms with van der Waals surface area (Å²) in [7, 11) is 0. The van der Waals surface area contributed by atoms with Crippen LogP contribution in [0, 0.1) is 3.57 Å². The Hall–Kier alpha value is -0.620. The molecule has 3 nitrogen and oxygen atoms in total. The number of hydrogen-bond donors (Lipinski definition) is 0. The van der Waals surface area contributed by atoms with Crippen LogP contribution in [-0.2, 0) is 0 Å². The molecule has 2 aromatic heterocycles. The lowest BCUT2D eigenvalue weighted by Crippen LogP contribution is -1.89. The standard InChI is InChI=1S/C8H4ClIN2O/c9-8-5(10)4-6(11-12-8)7-2-1-3-13-7/h1-4H. The summed E-state index contributed by atoms with van der Waals surface area (Å²) in [5.74, 6) is 0.696. The largest absolute Gasteiger partial charge is 0.463 e. The van der Waals surface area contributed by atoms with Gasteiger partial charge in [0.15, 0.2) is 10.9 Å². The minimum Gasteiger partial charge on any atom is -0.463 e. The van der Waals surface area contributed by atoms with Crippen LogP contribution < -0.4 is 0 Å². The minimum atomic E-state index is 0.413. The summed E-state index contributed by atoms with van der Waals surface area (Å²) in [4.78, 5) is 0. The van der Waals surface area contributed by atoms with Gasteiger partial charge in [-0.3, -0.25) is 0 Å². The van der Waals surface area contributed by atoms with Gasteiger partial charge in [0.2, 0.25) is 0 Å². The third-order valence-electron chi connectivity index (χ3n) is 1.48. The van der Waals surface area contributed by atoms with E-state index < -0.39 is 0 Å². The van der Waals surface area contributed by atoms with E-state index in [0.29, 0.717) is 16.6 Å². The van der Waals surface area contributed by atoms with E-state index in [0.717, 1.165) is 3.57 Å². The van der Waals surface area contributed by atoms with Gasteiger partial charge in [0.05, 0.1) is 9.83 Å². The molecule has 0 aromatic carbocycles. The van der Waals surface area contributed by atoms with Gasteiger partial charge in [-0.25, -0.2) is 0 Å². The molecule has 0 aliphatic carbocycles. The molecule has 2 rings (SSSR count). The van der Waals surface area contributed by atoms with Crippen molar-refractivity contribution in [3.63, 3.8) is 0 Å². The normalized spacial score (nSPS) is 10.3. The van der Waals surface area contributed by atoms with E-state index in [4.69, 9.17) is 16.0 Å². The fraction of sp³-hybridized carbons (Fsp3) is 0. The second-order valence-electron chi connectivity index (χ2n) is 2.35. The lowest BCUT2D eigenvalue weighted by atomic mass is 10.3. The van der Waals surface area contributed by atoms with Crippen molar-refractivity contribution in [1.29, 1.82) is 0 Å². The van der Waals surface area contributed by atoms with Crippen molar-refractivity contribution in [2.75, 3.05) is 0 Å². The first-order valence-electron chi connectivity index (χ1n) is 3.50. The van der Waals surface area contributed by atoms with E-state index in [2.05, 4.69) is 32.8 Å². The molecule has 0 saturated heterocycles. The Morgan fingerprint density at radius 1 is 1.38 bits per heavy atom. The Kier molecular flexibility index (Phi) is 2.50. The quantitative estimate of drug-likeness (QED) is 0.760. The summed E-state index contributed by atoms with van der Waals surface area (Å²) in [6.07, 6.45) is 1.60. The molecule has 0 N–H and O–H groups in total. The van der Waals surface area contributed by atoms with Gasteiger partial charge < -0.3 is 4.42 Å². The molecule has 2 heterocycles. The maximum atomic E-state index is 5.73. The fourth-order valence-electron chi connectivity index (χ4n) is 0.899. The number of furan rings is 1. The lowest BCUT2D eigenvalue weighted by molar-refractivity contribution is 0.578. The first-order valence-corrected chi connectivity index (χ1v) is 4.95. The van der Waals surface area contributed by atoms with Crippen LogP contribution in [-0.4, -0.2) is 10.2 Å². The molecular weight excluding hydrogens is 302 g/mol. The van der Waals surface area contributed by atoms with Crippen LogP contribution in [0.4, 0.5) is 0 Å². The second kappa shape index (κ2) is 3.63. The van der Waals surface area contributed by atoms with Crippen molar-refractivity contribution in [3.8, 4) is 11.5 Å². The third kappa shape index (κ3) is 1.83. The SMILES string of the molecule is Clc1nnc(-c2ccco2)cc1I. The van der Waals surface area contributed by atoms with Crippen LogP contribution in [0.1, 0.15) is 0 Å². The zero-order valence-corrected chi connectivity index (χ0v) is 9.28. The predicted octanol–water partition coefficient (Wildman–Crippen LogP) is 2.99. The first kappa shape index (κ1) is 8.96. The molecule has 0 spiro atoms. The Morgan fingerprint density at radius 3 is 2.85 bits per heavy atom. The highest BCUT2D eigenvalue weighted by molar-refractivity contribution is 14.1. The van der Waals surface area contributed by atoms with Crippen molar-refractivity contribution >= 4 is 34.2 Å². The zero-order chi connectivity index (χ0) is 9.26. The number of halogens is 2. The zero-order valence-electron chi connectivity index (χ0n) is 6.37. The van der Waals surface area contributed by atoms with Crippen LogP contribution in [0.2, 0.25) is 5.15 Å². The number of rotatable bonds is 1. The lowest BCUT2D eigenvalue weighted by Gasteiger charge is -1.96. The summed E-state index contributed by atoms with van der Waals surface area (Å²) in [6, 6.07) is 5.46. The highest BCUT2D eigenvalue weighted by Crippen LogP contribution is 2.21. The molecule has 0 radical (unpaired) electrons. The van der Waals surface area contributed by atoms with E-state index in [-0.39, 0.29) is 0 Å². The Morgan fingerprint density at radius 2 is 2.23 bits per heavy atom. The van der Waals surface area contributed by atoms with Crippen molar-refractivity contribution < 1.29 is 4.42 Å². The average molecular weight is 306 g/mol. The predicted molar refractivity (Wildman–Crippen MR) is 57.5 cm³/mol. The van der Waals surface area contributed by atoms with Gasteiger partial charge in [-0.1, -0.05) is 11.6 Å². The Balaban J connectivity index is 2.49. The van der Waals surface area contributed by atoms with E-state index in [1.807, 2.05) is 12.1 Å². The van der Waals surface area contributed by atoms with Gasteiger partial charge in [-0.05, 0) is 40.8 Å². The van der Waals surface area contributed by atoms with E-state index in [1.165, 1.54) is 0 Å². The highest BCUT2D eigenvalue weighted by Gasteiger charge is 2.06. The fourth-order valence-corrected chi connectivity index (χ4v) is 1.39. The van der Waals surface area contributed by atoms with Crippen molar-refractivity contribution in [3.05, 3.63) is 33.2 Å². The molecule has 0 aliphatic heterocycles. The molecule has 0 aliphatic rings. The maximum absolute atomic E-state index is 5.73. The van der Waals surface area contributed by atoms with Crippen LogP contribution >= 0.6 is 34.2 Å². The van der Waals surface area contributed by atoms with Gasteiger partial charge in [-0.15, -0.1) is 10.2 Å². The van der Waals surface area contributed by atoms with Crippen molar-refractivity contribution in [2.45, 2.75) is 0 Å². The highest BCUT2D eigenvalue weighted by atomic mass is 127. The summed E-state index contributed by atoms with van der Waals surface area (Å²) in [5.41, 5.74) is 0.693. The number of nitrogens with zero attached hydrogens (tertiary/aromatic N) is 2. The maximum Gasteiger partial charge on any atom is 0.165 e. The summed E-state index contributed by atoms with van der Waals surface area (Å²) >= 11 is 7.83. The van der Waals surface area contributed by atoms with Crippen molar-refractivity contribution in [2.24, 2.45) is 0 Å². The van der Waals surface area contributed by atoms with Gasteiger partial charge in [0.25, 0.3) is 0 Å². The molecule has 2 aromatic rings. The third-order valence-corrected chi connectivity index (χ3v) is 2.90. The van der Waals surface area contributed by atoms with Gasteiger partial charge >= 0.3 is 0 Å². The molecule has 0 saturated carbocycles. The smallest absolute Gasteiger partial charge is 0.165 e. The van der Waals surface area contributed by atoms with Gasteiger partial charge in [0, 0.05) is 0 Å². The molecule has 13 heavy (non-hydrogen) atoms. The van der Waals surface area contributed by atoms with Crippen LogP contribution in [0.3, 0.4) is 0 Å². The average Bonchev–Trinajstić information content (AvgIpc) is 2.62. The summed E-state index contributed by atoms with van der Waals surface area (Å²) < 4.78 is 6.03. The molecule has 0 unspecified atom stereocenters. The summed E-state index contributed by atoms with van der Waals surface area (Å²) in [6.45, 7) is 0. The Labute approximate surface area is 93.3 Å². The van der Waals surface area contributed by atoms with E-state index in [9.17, 15) is 0 Å². The topological polar surface area (TPSA) is 38.9 Å². The van der Waals surface area contributed by atoms with Crippen molar-refractivity contribution in [1.82, 2.24) is 10.2 Å². The van der Waals surface area contributed by atoms with Crippen LogP contribution in [0.5, 0.6) is 0 Å². The van der Waals surface area contributed by atoms with Gasteiger partial charge in [0.1, 0.15) is 5.69 Å². The molecule has 0 bridgehead atoms. The second-order valence-corrected chi connectivity index (χ2v) is 3.87. The van der Waals surface area contributed by atoms with Crippen LogP contribution in [0.15, 0.2) is 28.9 Å². The summed E-state index contributed by atoms with van der Waals surface area (Å²) in [5, 5.41) is 8.10. The number of hydrogen-bond acceptors (Lipinski definition) is 3. The molecule has 0 atom stereocenters. The van der Waals surface area contributed by atoms with Crippen LogP contribution in [0.25, 0.3) is 11.5 Å². The molecule has 5 heteroatoms.